The largest absolute Gasteiger partial charge is 0.368 e. The Balaban J connectivity index is 1.53. The van der Waals surface area contributed by atoms with E-state index in [1.807, 2.05) is 19.9 Å². The lowest BCUT2D eigenvalue weighted by molar-refractivity contribution is 0.0938. The monoisotopic (exact) mass is 496 g/mol. The Kier molecular flexibility index (Phi) is 7.72. The van der Waals surface area contributed by atoms with Crippen molar-refractivity contribution >= 4 is 34.5 Å². The summed E-state index contributed by atoms with van der Waals surface area (Å²) in [5.74, 6) is -1.21. The lowest BCUT2D eigenvalue weighted by Crippen LogP contribution is -2.43. The minimum absolute atomic E-state index is 0.00389. The van der Waals surface area contributed by atoms with Crippen LogP contribution in [0.5, 0.6) is 0 Å². The fourth-order valence-corrected chi connectivity index (χ4v) is 4.73. The third kappa shape index (κ3) is 5.83. The van der Waals surface area contributed by atoms with Crippen molar-refractivity contribution in [3.63, 3.8) is 0 Å². The minimum atomic E-state index is -0.512. The highest BCUT2D eigenvalue weighted by atomic mass is 32.1. The zero-order valence-electron chi connectivity index (χ0n) is 19.8. The number of aromatic nitrogens is 2. The summed E-state index contributed by atoms with van der Waals surface area (Å²) in [5.41, 5.74) is 8.21. The van der Waals surface area contributed by atoms with Crippen LogP contribution in [-0.2, 0) is 0 Å². The first-order chi connectivity index (χ1) is 16.9. The summed E-state index contributed by atoms with van der Waals surface area (Å²) < 4.78 is 14.6. The van der Waals surface area contributed by atoms with Crippen molar-refractivity contribution in [1.82, 2.24) is 15.3 Å². The minimum Gasteiger partial charge on any atom is -0.368 e. The number of rotatable bonds is 7. The number of pyridine rings is 1. The number of hydrogen-bond acceptors (Lipinski definition) is 7. The van der Waals surface area contributed by atoms with Gasteiger partial charge >= 0.3 is 0 Å². The summed E-state index contributed by atoms with van der Waals surface area (Å²) in [7, 11) is 0. The van der Waals surface area contributed by atoms with E-state index in [9.17, 15) is 14.0 Å². The van der Waals surface area contributed by atoms with Crippen LogP contribution in [0.3, 0.4) is 0 Å². The maximum Gasteiger partial charge on any atom is 0.275 e. The second-order valence-corrected chi connectivity index (χ2v) is 9.57. The van der Waals surface area contributed by atoms with Crippen molar-refractivity contribution in [1.29, 1.82) is 0 Å². The molecule has 2 aromatic heterocycles. The van der Waals surface area contributed by atoms with Crippen molar-refractivity contribution in [3.05, 3.63) is 59.1 Å². The van der Waals surface area contributed by atoms with Gasteiger partial charge in [-0.05, 0) is 50.5 Å². The van der Waals surface area contributed by atoms with Crippen LogP contribution in [0.2, 0.25) is 0 Å². The van der Waals surface area contributed by atoms with Gasteiger partial charge in [0.15, 0.2) is 0 Å². The van der Waals surface area contributed by atoms with Crippen molar-refractivity contribution in [2.24, 2.45) is 5.73 Å². The second-order valence-electron chi connectivity index (χ2n) is 8.71. The molecule has 1 aliphatic rings. The molecule has 3 heterocycles. The van der Waals surface area contributed by atoms with Crippen LogP contribution < -0.4 is 21.3 Å². The molecule has 1 saturated heterocycles. The molecule has 0 saturated carbocycles. The number of anilines is 2. The number of hydrogen-bond donors (Lipinski definition) is 3. The van der Waals surface area contributed by atoms with Crippen LogP contribution in [-0.4, -0.2) is 47.0 Å². The standard InChI is InChI=1S/C25H29FN6O2S/c1-3-15(2)29-23(33)16-6-7-19(26)18(11-16)25-31-21(14-35-25)24(34)30-20-12-28-9-8-22(20)32-10-4-5-17(27)13-32/h6-9,11-12,14-15,17H,3-5,10,13,27H2,1-2H3,(H,29,33)(H,30,34)/t15?,17-/m0/s1. The van der Waals surface area contributed by atoms with Gasteiger partial charge in [0.2, 0.25) is 0 Å². The molecule has 1 unspecified atom stereocenters. The molecule has 0 spiro atoms. The predicted octanol–water partition coefficient (Wildman–Crippen LogP) is 4.05. The number of piperidine rings is 1. The van der Waals surface area contributed by atoms with E-state index in [4.69, 9.17) is 5.73 Å². The van der Waals surface area contributed by atoms with Gasteiger partial charge in [0, 0.05) is 47.9 Å². The quantitative estimate of drug-likeness (QED) is 0.455. The molecule has 10 heteroatoms. The maximum absolute atomic E-state index is 14.6. The average Bonchev–Trinajstić information content (AvgIpc) is 3.35. The summed E-state index contributed by atoms with van der Waals surface area (Å²) in [4.78, 5) is 36.1. The molecule has 0 radical (unpaired) electrons. The number of amides is 2. The topological polar surface area (TPSA) is 113 Å². The number of nitrogens with two attached hydrogens (primary N) is 1. The third-order valence-electron chi connectivity index (χ3n) is 6.03. The summed E-state index contributed by atoms with van der Waals surface area (Å²) >= 11 is 1.14. The lowest BCUT2D eigenvalue weighted by Gasteiger charge is -2.33. The number of halogens is 1. The molecule has 0 aliphatic carbocycles. The first-order valence-corrected chi connectivity index (χ1v) is 12.6. The van der Waals surface area contributed by atoms with E-state index in [0.29, 0.717) is 22.8 Å². The molecule has 2 atom stereocenters. The first-order valence-electron chi connectivity index (χ1n) is 11.7. The highest BCUT2D eigenvalue weighted by Gasteiger charge is 2.22. The van der Waals surface area contributed by atoms with Crippen molar-refractivity contribution in [2.45, 2.75) is 45.2 Å². The third-order valence-corrected chi connectivity index (χ3v) is 6.91. The van der Waals surface area contributed by atoms with E-state index in [1.54, 1.807) is 17.8 Å². The Bertz CT molecular complexity index is 1220. The van der Waals surface area contributed by atoms with E-state index in [2.05, 4.69) is 25.5 Å². The molecule has 184 valence electrons. The number of carbonyl (C=O) groups is 2. The van der Waals surface area contributed by atoms with Gasteiger partial charge in [-0.1, -0.05) is 6.92 Å². The molecule has 1 aliphatic heterocycles. The number of carbonyl (C=O) groups excluding carboxylic acids is 2. The van der Waals surface area contributed by atoms with Crippen LogP contribution in [0.1, 0.15) is 54.0 Å². The molecule has 2 amide bonds. The predicted molar refractivity (Wildman–Crippen MR) is 136 cm³/mol. The summed E-state index contributed by atoms with van der Waals surface area (Å²) in [6.45, 7) is 5.43. The number of nitrogens with zero attached hydrogens (tertiary/aromatic N) is 3. The van der Waals surface area contributed by atoms with E-state index in [-0.39, 0.29) is 29.2 Å². The van der Waals surface area contributed by atoms with Crippen LogP contribution in [0.25, 0.3) is 10.6 Å². The van der Waals surface area contributed by atoms with Crippen LogP contribution >= 0.6 is 11.3 Å². The van der Waals surface area contributed by atoms with Gasteiger partial charge in [0.05, 0.1) is 17.6 Å². The van der Waals surface area contributed by atoms with Gasteiger partial charge < -0.3 is 21.3 Å². The van der Waals surface area contributed by atoms with Crippen LogP contribution in [0.4, 0.5) is 15.8 Å². The molecule has 4 rings (SSSR count). The average molecular weight is 497 g/mol. The van der Waals surface area contributed by atoms with Gasteiger partial charge in [-0.2, -0.15) is 0 Å². The van der Waals surface area contributed by atoms with Crippen molar-refractivity contribution < 1.29 is 14.0 Å². The van der Waals surface area contributed by atoms with Gasteiger partial charge in [-0.15, -0.1) is 11.3 Å². The summed E-state index contributed by atoms with van der Waals surface area (Å²) in [6, 6.07) is 6.09. The Morgan fingerprint density at radius 2 is 2.14 bits per heavy atom. The van der Waals surface area contributed by atoms with Gasteiger partial charge in [-0.3, -0.25) is 14.6 Å². The molecule has 0 bridgehead atoms. The lowest BCUT2D eigenvalue weighted by atomic mass is 10.1. The molecular formula is C25H29FN6O2S. The van der Waals surface area contributed by atoms with Gasteiger partial charge in [0.1, 0.15) is 16.5 Å². The van der Waals surface area contributed by atoms with Crippen molar-refractivity contribution in [3.8, 4) is 10.6 Å². The van der Waals surface area contributed by atoms with E-state index < -0.39 is 11.7 Å². The fourth-order valence-electron chi connectivity index (χ4n) is 3.92. The molecule has 4 N–H and O–H groups in total. The summed E-state index contributed by atoms with van der Waals surface area (Å²) in [6.07, 6.45) is 6.02. The fraction of sp³-hybridized carbons (Fsp3) is 0.360. The maximum atomic E-state index is 14.6. The van der Waals surface area contributed by atoms with Gasteiger partial charge in [-0.25, -0.2) is 9.37 Å². The van der Waals surface area contributed by atoms with E-state index in [1.165, 1.54) is 18.2 Å². The van der Waals surface area contributed by atoms with Gasteiger partial charge in [0.25, 0.3) is 11.8 Å². The normalized spacial score (nSPS) is 16.6. The Hall–Kier alpha value is -3.37. The molecule has 3 aromatic rings. The highest BCUT2D eigenvalue weighted by molar-refractivity contribution is 7.13. The van der Waals surface area contributed by atoms with Crippen molar-refractivity contribution in [2.75, 3.05) is 23.3 Å². The number of nitrogens with one attached hydrogen (secondary N) is 2. The zero-order valence-corrected chi connectivity index (χ0v) is 20.6. The molecule has 35 heavy (non-hydrogen) atoms. The molecular weight excluding hydrogens is 467 g/mol. The smallest absolute Gasteiger partial charge is 0.275 e. The van der Waals surface area contributed by atoms with Crippen LogP contribution in [0, 0.1) is 5.82 Å². The SMILES string of the molecule is CCC(C)NC(=O)c1ccc(F)c(-c2nc(C(=O)Nc3cnccc3N3CCC[C@H](N)C3)cs2)c1. The summed E-state index contributed by atoms with van der Waals surface area (Å²) in [5, 5.41) is 7.64. The van der Waals surface area contributed by atoms with E-state index >= 15 is 0 Å². The molecule has 8 nitrogen and oxygen atoms in total. The Labute approximate surface area is 207 Å². The molecule has 1 aromatic carbocycles. The molecule has 1 fully saturated rings. The number of benzene rings is 1. The number of thiazole rings is 1. The zero-order chi connectivity index (χ0) is 24.9. The Morgan fingerprint density at radius 3 is 2.91 bits per heavy atom. The second kappa shape index (κ2) is 10.9. The van der Waals surface area contributed by atoms with E-state index in [0.717, 1.165) is 42.8 Å². The first kappa shape index (κ1) is 24.7. The Morgan fingerprint density at radius 1 is 1.31 bits per heavy atom. The highest BCUT2D eigenvalue weighted by Crippen LogP contribution is 2.30. The van der Waals surface area contributed by atoms with Crippen LogP contribution in [0.15, 0.2) is 42.0 Å².